The largest absolute Gasteiger partial charge is 0.462 e. The molecule has 24 heavy (non-hydrogen) atoms. The van der Waals surface area contributed by atoms with Crippen LogP contribution in [0.5, 0.6) is 5.75 Å². The van der Waals surface area contributed by atoms with Crippen molar-refractivity contribution in [2.24, 2.45) is 0 Å². The van der Waals surface area contributed by atoms with Crippen LogP contribution in [0.4, 0.5) is 0 Å². The summed E-state index contributed by atoms with van der Waals surface area (Å²) in [6.07, 6.45) is -4.91. The number of amides is 1. The zero-order valence-corrected chi connectivity index (χ0v) is 12.7. The predicted octanol–water partition coefficient (Wildman–Crippen LogP) is -1.45. The number of nitrogens with zero attached hydrogens (tertiary/aromatic N) is 2. The monoisotopic (exact) mass is 339 g/mol. The first-order chi connectivity index (χ1) is 11.5. The molecule has 1 amide bonds. The summed E-state index contributed by atoms with van der Waals surface area (Å²) in [7, 11) is 0. The zero-order valence-electron chi connectivity index (χ0n) is 12.7. The van der Waals surface area contributed by atoms with E-state index >= 15 is 0 Å². The second-order valence-electron chi connectivity index (χ2n) is 5.47. The molecular formula is C14H17N3O7. The summed E-state index contributed by atoms with van der Waals surface area (Å²) in [4.78, 5) is 11.4. The zero-order chi connectivity index (χ0) is 17.3. The lowest BCUT2D eigenvalue weighted by Gasteiger charge is -2.42. The lowest BCUT2D eigenvalue weighted by molar-refractivity contribution is -0.244. The first-order valence-electron chi connectivity index (χ1n) is 7.28. The number of aliphatic hydroxyl groups excluding tert-OH is 3. The third-order valence-electron chi connectivity index (χ3n) is 3.73. The molecule has 4 N–H and O–H groups in total. The summed E-state index contributed by atoms with van der Waals surface area (Å²) < 4.78 is 15.7. The van der Waals surface area contributed by atoms with Gasteiger partial charge in [-0.2, -0.15) is 0 Å². The Balaban J connectivity index is 1.84. The van der Waals surface area contributed by atoms with Crippen molar-refractivity contribution in [1.82, 2.24) is 15.6 Å². The molecule has 1 aliphatic heterocycles. The van der Waals surface area contributed by atoms with Crippen molar-refractivity contribution < 1.29 is 34.2 Å². The van der Waals surface area contributed by atoms with Gasteiger partial charge in [0.2, 0.25) is 12.2 Å². The summed E-state index contributed by atoms with van der Waals surface area (Å²) >= 11 is 0. The molecule has 3 unspecified atom stereocenters. The van der Waals surface area contributed by atoms with E-state index in [1.54, 1.807) is 18.2 Å². The molecule has 0 radical (unpaired) electrons. The van der Waals surface area contributed by atoms with Gasteiger partial charge in [0.25, 0.3) is 0 Å². The molecule has 5 atom stereocenters. The average Bonchev–Trinajstić information content (AvgIpc) is 3.01. The maximum absolute atomic E-state index is 11.4. The maximum atomic E-state index is 11.4. The maximum Gasteiger partial charge on any atom is 0.223 e. The molecule has 1 aliphatic rings. The molecule has 130 valence electrons. The highest BCUT2D eigenvalue weighted by atomic mass is 16.7. The number of fused-ring (bicyclic) bond motifs is 1. The summed E-state index contributed by atoms with van der Waals surface area (Å²) in [5.41, 5.74) is 0.993. The number of ether oxygens (including phenoxy) is 2. The Bertz CT molecular complexity index is 721. The van der Waals surface area contributed by atoms with Gasteiger partial charge in [-0.25, -0.2) is 4.63 Å². The van der Waals surface area contributed by atoms with E-state index in [4.69, 9.17) is 9.47 Å². The van der Waals surface area contributed by atoms with Gasteiger partial charge >= 0.3 is 0 Å². The Kier molecular flexibility index (Phi) is 4.62. The molecule has 10 nitrogen and oxygen atoms in total. The van der Waals surface area contributed by atoms with Crippen molar-refractivity contribution in [3.05, 3.63) is 18.2 Å². The topological polar surface area (TPSA) is 147 Å². The van der Waals surface area contributed by atoms with Crippen LogP contribution in [-0.2, 0) is 9.53 Å². The third-order valence-corrected chi connectivity index (χ3v) is 3.73. The number of hydrogen-bond donors (Lipinski definition) is 4. The van der Waals surface area contributed by atoms with Gasteiger partial charge in [-0.1, -0.05) is 0 Å². The van der Waals surface area contributed by atoms with E-state index in [9.17, 15) is 20.1 Å². The fraction of sp³-hybridized carbons (Fsp3) is 0.500. The number of aromatic nitrogens is 2. The number of carbonyl (C=O) groups is 1. The standard InChI is InChI=1S/C14H17N3O7/c1-6(19)15-11-13(21)12(20)10(5-18)23-14(11)22-7-2-3-8-9(4-7)17-24-16-8/h2-4,10-14,18,20-21H,5H2,1H3,(H,15,19)/t10?,11?,12-,13?,14-/m1/s1. The van der Waals surface area contributed by atoms with Crippen molar-refractivity contribution in [2.45, 2.75) is 37.6 Å². The molecule has 2 aromatic rings. The predicted molar refractivity (Wildman–Crippen MR) is 77.8 cm³/mol. The van der Waals surface area contributed by atoms with Crippen molar-refractivity contribution in [3.63, 3.8) is 0 Å². The second kappa shape index (κ2) is 6.69. The van der Waals surface area contributed by atoms with E-state index in [-0.39, 0.29) is 0 Å². The average molecular weight is 339 g/mol. The van der Waals surface area contributed by atoms with Crippen LogP contribution in [0, 0.1) is 0 Å². The Morgan fingerprint density at radius 1 is 1.29 bits per heavy atom. The van der Waals surface area contributed by atoms with E-state index in [1.165, 1.54) is 6.92 Å². The molecular weight excluding hydrogens is 322 g/mol. The van der Waals surface area contributed by atoms with Crippen LogP contribution in [0.3, 0.4) is 0 Å². The molecule has 0 bridgehead atoms. The van der Waals surface area contributed by atoms with E-state index in [1.807, 2.05) is 0 Å². The van der Waals surface area contributed by atoms with E-state index in [2.05, 4.69) is 20.3 Å². The lowest BCUT2D eigenvalue weighted by Crippen LogP contribution is -2.65. The van der Waals surface area contributed by atoms with Crippen LogP contribution in [0.15, 0.2) is 22.8 Å². The van der Waals surface area contributed by atoms with Crippen LogP contribution in [0.25, 0.3) is 11.0 Å². The Morgan fingerprint density at radius 2 is 2.04 bits per heavy atom. The molecule has 1 aromatic heterocycles. The molecule has 1 fully saturated rings. The van der Waals surface area contributed by atoms with Crippen molar-refractivity contribution in [3.8, 4) is 5.75 Å². The highest BCUT2D eigenvalue weighted by Crippen LogP contribution is 2.26. The minimum Gasteiger partial charge on any atom is -0.462 e. The summed E-state index contributed by atoms with van der Waals surface area (Å²) in [5.74, 6) is -0.0964. The van der Waals surface area contributed by atoms with Crippen LogP contribution >= 0.6 is 0 Å². The van der Waals surface area contributed by atoms with Gasteiger partial charge < -0.3 is 30.1 Å². The quantitative estimate of drug-likeness (QED) is 0.525. The number of aliphatic hydroxyl groups is 3. The number of carbonyl (C=O) groups excluding carboxylic acids is 1. The second-order valence-corrected chi connectivity index (χ2v) is 5.47. The van der Waals surface area contributed by atoms with E-state index in [0.717, 1.165) is 0 Å². The molecule has 0 saturated carbocycles. The molecule has 2 heterocycles. The third kappa shape index (κ3) is 3.17. The summed E-state index contributed by atoms with van der Waals surface area (Å²) in [6, 6.07) is 3.73. The van der Waals surface area contributed by atoms with E-state index < -0.39 is 43.2 Å². The SMILES string of the molecule is CC(=O)NC1C(O)[C@H](O)C(CO)O[C@H]1Oc1ccc2nonc2c1. The number of nitrogens with one attached hydrogen (secondary N) is 1. The van der Waals surface area contributed by atoms with Crippen molar-refractivity contribution >= 4 is 16.9 Å². The molecule has 0 aliphatic carbocycles. The van der Waals surface area contributed by atoms with Crippen LogP contribution < -0.4 is 10.1 Å². The smallest absolute Gasteiger partial charge is 0.223 e. The lowest BCUT2D eigenvalue weighted by atomic mass is 9.97. The molecule has 10 heteroatoms. The fourth-order valence-electron chi connectivity index (χ4n) is 2.54. The van der Waals surface area contributed by atoms with Gasteiger partial charge in [0, 0.05) is 13.0 Å². The Morgan fingerprint density at radius 3 is 2.75 bits per heavy atom. The molecule has 0 spiro atoms. The fourth-order valence-corrected chi connectivity index (χ4v) is 2.54. The minimum atomic E-state index is -1.37. The minimum absolute atomic E-state index is 0.332. The first-order valence-corrected chi connectivity index (χ1v) is 7.28. The summed E-state index contributed by atoms with van der Waals surface area (Å²) in [5, 5.41) is 39.3. The number of rotatable bonds is 4. The molecule has 3 rings (SSSR count). The Hall–Kier alpha value is -2.27. The van der Waals surface area contributed by atoms with Gasteiger partial charge in [0.05, 0.1) is 6.61 Å². The number of benzene rings is 1. The Labute approximate surface area is 135 Å². The molecule has 1 aromatic carbocycles. The van der Waals surface area contributed by atoms with Gasteiger partial charge in [-0.15, -0.1) is 0 Å². The van der Waals surface area contributed by atoms with Crippen LogP contribution in [-0.4, -0.2) is 68.8 Å². The molecule has 1 saturated heterocycles. The normalized spacial score (nSPS) is 30.2. The highest BCUT2D eigenvalue weighted by Gasteiger charge is 2.46. The van der Waals surface area contributed by atoms with Crippen LogP contribution in [0.2, 0.25) is 0 Å². The first kappa shape index (κ1) is 16.6. The van der Waals surface area contributed by atoms with Crippen LogP contribution in [0.1, 0.15) is 6.92 Å². The van der Waals surface area contributed by atoms with E-state index in [0.29, 0.717) is 16.8 Å². The number of hydrogen-bond acceptors (Lipinski definition) is 9. The van der Waals surface area contributed by atoms with Crippen molar-refractivity contribution in [2.75, 3.05) is 6.61 Å². The van der Waals surface area contributed by atoms with Crippen molar-refractivity contribution in [1.29, 1.82) is 0 Å². The highest BCUT2D eigenvalue weighted by molar-refractivity contribution is 5.74. The van der Waals surface area contributed by atoms with Gasteiger partial charge in [0.1, 0.15) is 41.1 Å². The van der Waals surface area contributed by atoms with Gasteiger partial charge in [-0.3, -0.25) is 4.79 Å². The summed E-state index contributed by atoms with van der Waals surface area (Å²) in [6.45, 7) is 0.749. The van der Waals surface area contributed by atoms with Gasteiger partial charge in [-0.05, 0) is 22.4 Å². The van der Waals surface area contributed by atoms with Gasteiger partial charge in [0.15, 0.2) is 0 Å².